The average Bonchev–Trinajstić information content (AvgIpc) is 3.44. The minimum Gasteiger partial charge on any atom is -0.441 e. The molecule has 3 aromatic carbocycles. The number of hydrogen-bond acceptors (Lipinski definition) is 4. The monoisotopic (exact) mass is 448 g/mol. The Labute approximate surface area is 199 Å². The lowest BCUT2D eigenvalue weighted by Gasteiger charge is -2.43. The minimum absolute atomic E-state index is 0.290. The third-order valence-corrected chi connectivity index (χ3v) is 8.01. The number of carbonyl (C=O) groups excluding carboxylic acids is 1. The number of para-hydroxylation sites is 2. The molecule has 2 unspecified atom stereocenters. The topological polar surface area (TPSA) is 51.0 Å². The third kappa shape index (κ3) is 2.51. The number of cyclic esters (lactones) is 1. The highest BCUT2D eigenvalue weighted by Gasteiger charge is 2.60. The lowest BCUT2D eigenvalue weighted by atomic mass is 9.66. The van der Waals surface area contributed by atoms with Crippen molar-refractivity contribution in [1.82, 2.24) is 0 Å². The van der Waals surface area contributed by atoms with Gasteiger partial charge in [-0.3, -0.25) is 9.98 Å². The Balaban J connectivity index is 1.88. The molecule has 0 spiro atoms. The lowest BCUT2D eigenvalue weighted by molar-refractivity contribution is 0.0305. The first-order valence-electron chi connectivity index (χ1n) is 12.1. The van der Waals surface area contributed by atoms with Crippen molar-refractivity contribution >= 4 is 17.1 Å². The molecule has 3 aromatic rings. The van der Waals surface area contributed by atoms with Crippen molar-refractivity contribution in [1.29, 1.82) is 0 Å². The molecule has 0 aromatic heterocycles. The predicted octanol–water partition coefficient (Wildman–Crippen LogP) is 3.36. The molecule has 6 rings (SSSR count). The number of benzene rings is 3. The first kappa shape index (κ1) is 21.0. The fourth-order valence-corrected chi connectivity index (χ4v) is 6.15. The molecular weight excluding hydrogens is 420 g/mol. The Hall–Kier alpha value is -3.53. The molecule has 0 aliphatic carbocycles. The maximum atomic E-state index is 13.5. The summed E-state index contributed by atoms with van der Waals surface area (Å²) >= 11 is 0. The molecule has 0 amide bonds. The smallest absolute Gasteiger partial charge is 0.340 e. The van der Waals surface area contributed by atoms with Gasteiger partial charge in [-0.2, -0.15) is 0 Å². The fraction of sp³-hybridized carbons (Fsp3) is 0.300. The maximum Gasteiger partial charge on any atom is 0.340 e. The van der Waals surface area contributed by atoms with E-state index in [0.29, 0.717) is 5.56 Å². The van der Waals surface area contributed by atoms with Crippen LogP contribution in [0.4, 0.5) is 0 Å². The van der Waals surface area contributed by atoms with Crippen molar-refractivity contribution in [3.8, 4) is 0 Å². The van der Waals surface area contributed by atoms with Gasteiger partial charge in [0, 0.05) is 27.1 Å². The summed E-state index contributed by atoms with van der Waals surface area (Å²) in [5, 5.41) is 3.99. The van der Waals surface area contributed by atoms with Crippen molar-refractivity contribution in [2.45, 2.75) is 57.2 Å². The molecule has 0 saturated carbocycles. The van der Waals surface area contributed by atoms with Crippen molar-refractivity contribution in [2.75, 3.05) is 0 Å². The number of nitrogens with zero attached hydrogens (tertiary/aromatic N) is 2. The van der Waals surface area contributed by atoms with Gasteiger partial charge in [0.15, 0.2) is 5.60 Å². The van der Waals surface area contributed by atoms with E-state index in [-0.39, 0.29) is 5.97 Å². The standard InChI is InChI=1S/C30H28N2O2/c1-5-28(3)25(20-14-8-11-17-23(20)31-28)30(22-16-10-7-13-19(22)27(33)34-30)26-21-15-9-12-18-24(21)32-29(26,4)6-2/h7-18H,5-6H2,1-4H3. The normalized spacial score (nSPS) is 28.6. The van der Waals surface area contributed by atoms with Crippen molar-refractivity contribution < 1.29 is 9.53 Å². The van der Waals surface area contributed by atoms with Gasteiger partial charge in [0.25, 0.3) is 0 Å². The highest BCUT2D eigenvalue weighted by molar-refractivity contribution is 6.02. The van der Waals surface area contributed by atoms with Gasteiger partial charge in [0.05, 0.1) is 27.4 Å². The summed E-state index contributed by atoms with van der Waals surface area (Å²) in [6, 6.07) is 24.3. The summed E-state index contributed by atoms with van der Waals surface area (Å²) in [7, 11) is 0. The van der Waals surface area contributed by atoms with Crippen LogP contribution in [0.5, 0.6) is 0 Å². The van der Waals surface area contributed by atoms with Gasteiger partial charge in [0.1, 0.15) is 0 Å². The van der Waals surface area contributed by atoms with E-state index in [4.69, 9.17) is 14.7 Å². The number of ether oxygens (including phenoxy) is 1. The zero-order valence-electron chi connectivity index (χ0n) is 20.1. The van der Waals surface area contributed by atoms with Gasteiger partial charge < -0.3 is 4.74 Å². The van der Waals surface area contributed by atoms with Gasteiger partial charge in [0.2, 0.25) is 0 Å². The van der Waals surface area contributed by atoms with E-state index < -0.39 is 16.7 Å². The van der Waals surface area contributed by atoms with E-state index in [0.717, 1.165) is 50.7 Å². The van der Waals surface area contributed by atoms with Crippen LogP contribution in [0.3, 0.4) is 0 Å². The Kier molecular flexibility index (Phi) is 4.32. The number of fused-ring (bicyclic) bond motifs is 3. The summed E-state index contributed by atoms with van der Waals surface area (Å²) in [5.74, 6) is -0.290. The van der Waals surface area contributed by atoms with Crippen LogP contribution in [0.25, 0.3) is 11.1 Å². The molecule has 3 aliphatic heterocycles. The van der Waals surface area contributed by atoms with Crippen LogP contribution in [0.1, 0.15) is 56.5 Å². The Morgan fingerprint density at radius 1 is 0.706 bits per heavy atom. The summed E-state index contributed by atoms with van der Waals surface area (Å²) in [4.78, 5) is 23.9. The van der Waals surface area contributed by atoms with Gasteiger partial charge >= 0.3 is 5.97 Å². The summed E-state index contributed by atoms with van der Waals surface area (Å²) in [6.45, 7) is 8.65. The summed E-state index contributed by atoms with van der Waals surface area (Å²) < 4.78 is 6.66. The molecule has 0 saturated heterocycles. The maximum absolute atomic E-state index is 13.5. The number of rotatable bonds is 4. The second-order valence-corrected chi connectivity index (χ2v) is 9.88. The summed E-state index contributed by atoms with van der Waals surface area (Å²) in [5.41, 5.74) is 1.45. The van der Waals surface area contributed by atoms with Gasteiger partial charge in [-0.15, -0.1) is 0 Å². The molecule has 4 heteroatoms. The molecule has 34 heavy (non-hydrogen) atoms. The molecular formula is C30H28N2O2. The Morgan fingerprint density at radius 2 is 1.18 bits per heavy atom. The Bertz CT molecular complexity index is 1530. The van der Waals surface area contributed by atoms with Crippen LogP contribution in [-0.2, 0) is 10.3 Å². The van der Waals surface area contributed by atoms with Crippen LogP contribution >= 0.6 is 0 Å². The van der Waals surface area contributed by atoms with E-state index in [1.807, 2.05) is 48.5 Å². The third-order valence-electron chi connectivity index (χ3n) is 8.01. The zero-order valence-corrected chi connectivity index (χ0v) is 20.1. The van der Waals surface area contributed by atoms with Crippen molar-refractivity contribution in [2.24, 2.45) is 9.98 Å². The zero-order chi connectivity index (χ0) is 23.7. The van der Waals surface area contributed by atoms with Gasteiger partial charge in [-0.05, 0) is 44.9 Å². The predicted molar refractivity (Wildman–Crippen MR) is 132 cm³/mol. The molecule has 0 radical (unpaired) electrons. The number of carbonyl (C=O) groups is 1. The summed E-state index contributed by atoms with van der Waals surface area (Å²) in [6.07, 6.45) is 1.57. The van der Waals surface area contributed by atoms with E-state index >= 15 is 0 Å². The average molecular weight is 449 g/mol. The first-order chi connectivity index (χ1) is 16.4. The minimum atomic E-state index is -1.09. The van der Waals surface area contributed by atoms with E-state index in [9.17, 15) is 4.79 Å². The van der Waals surface area contributed by atoms with E-state index in [2.05, 4.69) is 52.0 Å². The first-order valence-corrected chi connectivity index (χ1v) is 12.1. The van der Waals surface area contributed by atoms with Gasteiger partial charge in [-0.1, -0.05) is 68.4 Å². The molecule has 3 aliphatic rings. The van der Waals surface area contributed by atoms with Crippen LogP contribution < -0.4 is 21.2 Å². The number of esters is 1. The molecule has 0 bridgehead atoms. The highest BCUT2D eigenvalue weighted by atomic mass is 16.6. The van der Waals surface area contributed by atoms with Crippen molar-refractivity contribution in [3.63, 3.8) is 0 Å². The molecule has 2 atom stereocenters. The largest absolute Gasteiger partial charge is 0.441 e. The van der Waals surface area contributed by atoms with Crippen LogP contribution in [0.2, 0.25) is 0 Å². The SMILES string of the molecule is CCC1(C)N=c2ccccc2=C1C1(C2=c3ccccc3=NC2(C)CC)OC(=O)c2ccccc21. The molecule has 170 valence electrons. The number of hydrogen-bond donors (Lipinski definition) is 0. The molecule has 4 nitrogen and oxygen atoms in total. The van der Waals surface area contributed by atoms with Gasteiger partial charge in [-0.25, -0.2) is 4.79 Å². The fourth-order valence-electron chi connectivity index (χ4n) is 6.15. The second kappa shape index (κ2) is 6.99. The highest BCUT2D eigenvalue weighted by Crippen LogP contribution is 2.57. The lowest BCUT2D eigenvalue weighted by Crippen LogP contribution is -2.48. The molecule has 3 heterocycles. The molecule has 0 N–H and O–H groups in total. The van der Waals surface area contributed by atoms with E-state index in [1.54, 1.807) is 0 Å². The second-order valence-electron chi connectivity index (χ2n) is 9.88. The van der Waals surface area contributed by atoms with Crippen LogP contribution in [0, 0.1) is 0 Å². The quantitative estimate of drug-likeness (QED) is 0.575. The Morgan fingerprint density at radius 3 is 1.71 bits per heavy atom. The van der Waals surface area contributed by atoms with E-state index in [1.165, 1.54) is 0 Å². The van der Waals surface area contributed by atoms with Crippen LogP contribution in [-0.4, -0.2) is 17.0 Å². The van der Waals surface area contributed by atoms with Crippen molar-refractivity contribution in [3.05, 3.63) is 105 Å². The van der Waals surface area contributed by atoms with Crippen LogP contribution in [0.15, 0.2) is 82.8 Å². The molecule has 0 fully saturated rings.